The van der Waals surface area contributed by atoms with Gasteiger partial charge in [0.25, 0.3) is 5.91 Å². The Balaban J connectivity index is 1.85. The average Bonchev–Trinajstić information content (AvgIpc) is 3.47. The first-order valence-corrected chi connectivity index (χ1v) is 10.9. The van der Waals surface area contributed by atoms with Gasteiger partial charge in [-0.2, -0.15) is 0 Å². The lowest BCUT2D eigenvalue weighted by Crippen LogP contribution is -2.32. The smallest absolute Gasteiger partial charge is 0.264 e. The van der Waals surface area contributed by atoms with Crippen molar-refractivity contribution in [1.29, 1.82) is 0 Å². The van der Waals surface area contributed by atoms with E-state index in [-0.39, 0.29) is 17.9 Å². The van der Waals surface area contributed by atoms with Gasteiger partial charge in [0.1, 0.15) is 11.5 Å². The van der Waals surface area contributed by atoms with Crippen LogP contribution in [0.5, 0.6) is 11.5 Å². The third-order valence-electron chi connectivity index (χ3n) is 5.11. The molecule has 30 heavy (non-hydrogen) atoms. The van der Waals surface area contributed by atoms with Gasteiger partial charge in [-0.1, -0.05) is 20.8 Å². The zero-order chi connectivity index (χ0) is 22.1. The molecule has 0 aliphatic heterocycles. The Bertz CT molecular complexity index is 941. The van der Waals surface area contributed by atoms with Crippen LogP contribution in [0.15, 0.2) is 24.3 Å². The highest BCUT2D eigenvalue weighted by molar-refractivity contribution is 7.18. The van der Waals surface area contributed by atoms with Gasteiger partial charge in [0.05, 0.1) is 30.6 Å². The van der Waals surface area contributed by atoms with Crippen molar-refractivity contribution in [3.05, 3.63) is 40.3 Å². The largest absolute Gasteiger partial charge is 0.497 e. The van der Waals surface area contributed by atoms with Crippen LogP contribution in [0.3, 0.4) is 0 Å². The fourth-order valence-corrected chi connectivity index (χ4v) is 4.15. The van der Waals surface area contributed by atoms with Crippen LogP contribution in [-0.4, -0.2) is 37.0 Å². The topological polar surface area (TPSA) is 67.9 Å². The van der Waals surface area contributed by atoms with Gasteiger partial charge in [0.2, 0.25) is 5.91 Å². The number of amides is 2. The summed E-state index contributed by atoms with van der Waals surface area (Å²) in [5.74, 6) is 1.38. The summed E-state index contributed by atoms with van der Waals surface area (Å²) in [6.07, 6.45) is 1.99. The van der Waals surface area contributed by atoms with Crippen molar-refractivity contribution in [2.24, 2.45) is 5.41 Å². The number of aryl methyl sites for hydroxylation is 1. The molecule has 2 amide bonds. The summed E-state index contributed by atoms with van der Waals surface area (Å²) < 4.78 is 10.8. The van der Waals surface area contributed by atoms with Gasteiger partial charge < -0.3 is 19.7 Å². The van der Waals surface area contributed by atoms with Crippen LogP contribution in [0.25, 0.3) is 0 Å². The number of rotatable bonds is 7. The minimum absolute atomic E-state index is 0.0128. The number of carbonyl (C=O) groups excluding carboxylic acids is 2. The fraction of sp³-hybridized carbons (Fsp3) is 0.478. The third-order valence-corrected chi connectivity index (χ3v) is 6.25. The summed E-state index contributed by atoms with van der Waals surface area (Å²) in [7, 11) is 3.25. The molecule has 1 aromatic heterocycles. The molecule has 0 saturated heterocycles. The number of methoxy groups -OCH3 is 2. The van der Waals surface area contributed by atoms with Crippen LogP contribution in [0.2, 0.25) is 0 Å². The van der Waals surface area contributed by atoms with Crippen LogP contribution in [-0.2, 0) is 11.3 Å². The van der Waals surface area contributed by atoms with E-state index in [0.29, 0.717) is 16.4 Å². The second-order valence-electron chi connectivity index (χ2n) is 8.67. The maximum atomic E-state index is 13.5. The molecule has 0 radical (unpaired) electrons. The van der Waals surface area contributed by atoms with Gasteiger partial charge in [0.15, 0.2) is 0 Å². The first kappa shape index (κ1) is 22.2. The molecule has 2 aromatic rings. The Labute approximate surface area is 182 Å². The number of hydrogen-bond acceptors (Lipinski definition) is 5. The number of benzene rings is 1. The molecule has 1 saturated carbocycles. The zero-order valence-corrected chi connectivity index (χ0v) is 19.3. The molecule has 0 atom stereocenters. The average molecular weight is 431 g/mol. The lowest BCUT2D eigenvalue weighted by Gasteiger charge is -2.23. The van der Waals surface area contributed by atoms with Gasteiger partial charge in [-0.15, -0.1) is 11.3 Å². The number of thiophene rings is 1. The van der Waals surface area contributed by atoms with E-state index in [9.17, 15) is 9.59 Å². The van der Waals surface area contributed by atoms with E-state index in [0.717, 1.165) is 35.5 Å². The molecule has 6 nitrogen and oxygen atoms in total. The van der Waals surface area contributed by atoms with Gasteiger partial charge in [-0.05, 0) is 49.6 Å². The van der Waals surface area contributed by atoms with Crippen molar-refractivity contribution in [3.63, 3.8) is 0 Å². The minimum atomic E-state index is -0.495. The standard InChI is InChI=1S/C23H30N2O4S/c1-14-11-19(24-22(27)23(2,3)4)30-20(14)21(26)25(16-7-8-16)13-15-12-17(28-5)9-10-18(15)29-6/h9-12,16H,7-8,13H2,1-6H3,(H,24,27). The van der Waals surface area contributed by atoms with Crippen molar-refractivity contribution in [1.82, 2.24) is 4.90 Å². The van der Waals surface area contributed by atoms with Gasteiger partial charge in [-0.3, -0.25) is 9.59 Å². The summed E-state index contributed by atoms with van der Waals surface area (Å²) in [6.45, 7) is 7.96. The van der Waals surface area contributed by atoms with Crippen LogP contribution in [0.1, 0.15) is 54.4 Å². The van der Waals surface area contributed by atoms with Crippen molar-refractivity contribution in [3.8, 4) is 11.5 Å². The van der Waals surface area contributed by atoms with E-state index in [1.807, 2.05) is 56.9 Å². The number of nitrogens with one attached hydrogen (secondary N) is 1. The fourth-order valence-electron chi connectivity index (χ4n) is 3.13. The van der Waals surface area contributed by atoms with E-state index in [2.05, 4.69) is 5.32 Å². The van der Waals surface area contributed by atoms with E-state index in [1.54, 1.807) is 14.2 Å². The molecule has 0 spiro atoms. The summed E-state index contributed by atoms with van der Waals surface area (Å²) in [4.78, 5) is 28.3. The van der Waals surface area contributed by atoms with E-state index >= 15 is 0 Å². The van der Waals surface area contributed by atoms with Gasteiger partial charge in [-0.25, -0.2) is 0 Å². The molecule has 1 fully saturated rings. The lowest BCUT2D eigenvalue weighted by atomic mass is 9.96. The highest BCUT2D eigenvalue weighted by atomic mass is 32.1. The Morgan fingerprint density at radius 3 is 2.43 bits per heavy atom. The molecule has 1 aromatic carbocycles. The molecule has 7 heteroatoms. The number of ether oxygens (including phenoxy) is 2. The van der Waals surface area contributed by atoms with E-state index < -0.39 is 5.41 Å². The maximum absolute atomic E-state index is 13.5. The molecule has 3 rings (SSSR count). The van der Waals surface area contributed by atoms with Crippen molar-refractivity contribution >= 4 is 28.2 Å². The Kier molecular flexibility index (Phi) is 6.41. The SMILES string of the molecule is COc1ccc(OC)c(CN(C(=O)c2sc(NC(=O)C(C)(C)C)cc2C)C2CC2)c1. The van der Waals surface area contributed by atoms with Crippen LogP contribution < -0.4 is 14.8 Å². The molecule has 0 unspecified atom stereocenters. The zero-order valence-electron chi connectivity index (χ0n) is 18.5. The summed E-state index contributed by atoms with van der Waals surface area (Å²) >= 11 is 1.33. The highest BCUT2D eigenvalue weighted by Gasteiger charge is 2.35. The molecular formula is C23H30N2O4S. The van der Waals surface area contributed by atoms with Crippen molar-refractivity contribution < 1.29 is 19.1 Å². The highest BCUT2D eigenvalue weighted by Crippen LogP contribution is 2.36. The minimum Gasteiger partial charge on any atom is -0.497 e. The quantitative estimate of drug-likeness (QED) is 0.681. The Hall–Kier alpha value is -2.54. The second-order valence-corrected chi connectivity index (χ2v) is 9.72. The van der Waals surface area contributed by atoms with Crippen molar-refractivity contribution in [2.45, 2.75) is 53.1 Å². The predicted molar refractivity (Wildman–Crippen MR) is 120 cm³/mol. The van der Waals surface area contributed by atoms with Gasteiger partial charge >= 0.3 is 0 Å². The molecule has 1 aliphatic carbocycles. The Morgan fingerprint density at radius 2 is 1.87 bits per heavy atom. The maximum Gasteiger partial charge on any atom is 0.264 e. The lowest BCUT2D eigenvalue weighted by molar-refractivity contribution is -0.123. The monoisotopic (exact) mass is 430 g/mol. The normalized spacial score (nSPS) is 13.7. The number of hydrogen-bond donors (Lipinski definition) is 1. The molecular weight excluding hydrogens is 400 g/mol. The third kappa shape index (κ3) is 4.95. The van der Waals surface area contributed by atoms with Gasteiger partial charge in [0, 0.05) is 17.0 Å². The number of anilines is 1. The summed E-state index contributed by atoms with van der Waals surface area (Å²) in [5.41, 5.74) is 1.29. The molecule has 0 bridgehead atoms. The summed E-state index contributed by atoms with van der Waals surface area (Å²) in [5, 5.41) is 3.64. The van der Waals surface area contributed by atoms with E-state index in [1.165, 1.54) is 11.3 Å². The second kappa shape index (κ2) is 8.68. The number of carbonyl (C=O) groups is 2. The molecule has 1 aliphatic rings. The predicted octanol–water partition coefficient (Wildman–Crippen LogP) is 4.86. The van der Waals surface area contributed by atoms with E-state index in [4.69, 9.17) is 9.47 Å². The molecule has 1 heterocycles. The van der Waals surface area contributed by atoms with Crippen LogP contribution >= 0.6 is 11.3 Å². The first-order valence-electron chi connectivity index (χ1n) is 10.1. The number of nitrogens with zero attached hydrogens (tertiary/aromatic N) is 1. The molecule has 162 valence electrons. The first-order chi connectivity index (χ1) is 14.1. The molecule has 1 N–H and O–H groups in total. The Morgan fingerprint density at radius 1 is 1.17 bits per heavy atom. The van der Waals surface area contributed by atoms with Crippen molar-refractivity contribution in [2.75, 3.05) is 19.5 Å². The summed E-state index contributed by atoms with van der Waals surface area (Å²) in [6, 6.07) is 7.72. The van der Waals surface area contributed by atoms with Crippen LogP contribution in [0, 0.1) is 12.3 Å². The van der Waals surface area contributed by atoms with Crippen LogP contribution in [0.4, 0.5) is 5.00 Å².